The third-order valence-corrected chi connectivity index (χ3v) is 3.19. The van der Waals surface area contributed by atoms with Crippen LogP contribution in [0.25, 0.3) is 0 Å². The van der Waals surface area contributed by atoms with E-state index in [-0.39, 0.29) is 13.0 Å². The highest BCUT2D eigenvalue weighted by Gasteiger charge is 2.36. The number of rotatable bonds is 5. The Morgan fingerprint density at radius 1 is 1.26 bits per heavy atom. The Bertz CT molecular complexity index is 369. The van der Waals surface area contributed by atoms with Crippen LogP contribution in [0, 0.1) is 0 Å². The van der Waals surface area contributed by atoms with Gasteiger partial charge in [0, 0.05) is 13.5 Å². The Morgan fingerprint density at radius 3 is 2.68 bits per heavy atom. The van der Waals surface area contributed by atoms with Gasteiger partial charge in [0.25, 0.3) is 0 Å². The van der Waals surface area contributed by atoms with Crippen molar-refractivity contribution in [1.82, 2.24) is 0 Å². The molecular formula is C14H20O5. The average Bonchev–Trinajstić information content (AvgIpc) is 2.44. The standard InChI is InChI=1S/C14H20O5/c1-17-13-7-11(15)14(16)12(19-13)9-18-8-10-5-3-2-4-6-10/h2-6,11-16H,7-9H2,1H3/t11-,12?,13-,14+/m1/s1. The normalized spacial score (nSPS) is 31.3. The van der Waals surface area contributed by atoms with E-state index in [4.69, 9.17) is 14.2 Å². The molecule has 1 aliphatic rings. The molecule has 1 aliphatic heterocycles. The number of hydrogen-bond donors (Lipinski definition) is 2. The zero-order chi connectivity index (χ0) is 13.7. The maximum absolute atomic E-state index is 9.84. The minimum absolute atomic E-state index is 0.215. The maximum Gasteiger partial charge on any atom is 0.160 e. The molecule has 0 bridgehead atoms. The molecule has 1 unspecified atom stereocenters. The van der Waals surface area contributed by atoms with Crippen molar-refractivity contribution in [2.45, 2.75) is 37.6 Å². The van der Waals surface area contributed by atoms with Crippen LogP contribution in [0.3, 0.4) is 0 Å². The summed E-state index contributed by atoms with van der Waals surface area (Å²) in [5.41, 5.74) is 1.05. The molecule has 2 rings (SSSR count). The second-order valence-corrected chi connectivity index (χ2v) is 4.63. The second-order valence-electron chi connectivity index (χ2n) is 4.63. The summed E-state index contributed by atoms with van der Waals surface area (Å²) in [5.74, 6) is 0. The smallest absolute Gasteiger partial charge is 0.160 e. The van der Waals surface area contributed by atoms with Crippen molar-refractivity contribution in [1.29, 1.82) is 0 Å². The second kappa shape index (κ2) is 6.98. The summed E-state index contributed by atoms with van der Waals surface area (Å²) in [7, 11) is 1.51. The van der Waals surface area contributed by atoms with Crippen molar-refractivity contribution >= 4 is 0 Å². The third kappa shape index (κ3) is 3.99. The lowest BCUT2D eigenvalue weighted by Crippen LogP contribution is -2.50. The highest BCUT2D eigenvalue weighted by Crippen LogP contribution is 2.21. The summed E-state index contributed by atoms with van der Waals surface area (Å²) < 4.78 is 16.1. The molecule has 1 heterocycles. The van der Waals surface area contributed by atoms with Crippen LogP contribution in [-0.4, -0.2) is 48.5 Å². The fourth-order valence-corrected chi connectivity index (χ4v) is 2.07. The van der Waals surface area contributed by atoms with Crippen LogP contribution in [0.1, 0.15) is 12.0 Å². The highest BCUT2D eigenvalue weighted by atomic mass is 16.7. The third-order valence-electron chi connectivity index (χ3n) is 3.19. The number of aliphatic hydroxyl groups is 2. The molecule has 0 radical (unpaired) electrons. The number of hydrogen-bond acceptors (Lipinski definition) is 5. The number of methoxy groups -OCH3 is 1. The van der Waals surface area contributed by atoms with Gasteiger partial charge in [0.1, 0.15) is 12.2 Å². The molecule has 0 spiro atoms. The summed E-state index contributed by atoms with van der Waals surface area (Å²) in [4.78, 5) is 0. The molecule has 0 aliphatic carbocycles. The van der Waals surface area contributed by atoms with E-state index in [0.29, 0.717) is 6.61 Å². The van der Waals surface area contributed by atoms with Gasteiger partial charge in [0.2, 0.25) is 0 Å². The van der Waals surface area contributed by atoms with E-state index in [9.17, 15) is 10.2 Å². The Hall–Kier alpha value is -0.980. The van der Waals surface area contributed by atoms with Gasteiger partial charge in [-0.25, -0.2) is 0 Å². The van der Waals surface area contributed by atoms with Gasteiger partial charge in [0.05, 0.1) is 19.3 Å². The molecule has 5 heteroatoms. The van der Waals surface area contributed by atoms with Crippen LogP contribution < -0.4 is 0 Å². The minimum atomic E-state index is -0.942. The van der Waals surface area contributed by atoms with Crippen LogP contribution >= 0.6 is 0 Å². The molecule has 19 heavy (non-hydrogen) atoms. The van der Waals surface area contributed by atoms with Crippen molar-refractivity contribution < 1.29 is 24.4 Å². The quantitative estimate of drug-likeness (QED) is 0.822. The van der Waals surface area contributed by atoms with Crippen LogP contribution in [0.4, 0.5) is 0 Å². The summed E-state index contributed by atoms with van der Waals surface area (Å²) in [5, 5.41) is 19.5. The molecule has 2 N–H and O–H groups in total. The summed E-state index contributed by atoms with van der Waals surface area (Å²) in [6, 6.07) is 9.75. The maximum atomic E-state index is 9.84. The number of ether oxygens (including phenoxy) is 3. The van der Waals surface area contributed by atoms with Gasteiger partial charge < -0.3 is 24.4 Å². The molecule has 1 fully saturated rings. The van der Waals surface area contributed by atoms with E-state index < -0.39 is 24.6 Å². The molecule has 1 aromatic rings. The van der Waals surface area contributed by atoms with Crippen molar-refractivity contribution in [3.05, 3.63) is 35.9 Å². The van der Waals surface area contributed by atoms with E-state index >= 15 is 0 Å². The topological polar surface area (TPSA) is 68.2 Å². The van der Waals surface area contributed by atoms with Gasteiger partial charge in [-0.3, -0.25) is 0 Å². The molecule has 4 atom stereocenters. The predicted molar refractivity (Wildman–Crippen MR) is 68.4 cm³/mol. The van der Waals surface area contributed by atoms with Crippen LogP contribution in [0.15, 0.2) is 30.3 Å². The summed E-state index contributed by atoms with van der Waals surface area (Å²) in [6.07, 6.45) is -2.58. The Labute approximate surface area is 112 Å². The van der Waals surface area contributed by atoms with E-state index in [1.807, 2.05) is 30.3 Å². The monoisotopic (exact) mass is 268 g/mol. The molecule has 106 valence electrons. The molecule has 0 aromatic heterocycles. The number of benzene rings is 1. The fourth-order valence-electron chi connectivity index (χ4n) is 2.07. The SMILES string of the molecule is CO[C@H]1C[C@@H](O)[C@H](O)C(COCc2ccccc2)O1. The molecule has 0 saturated carbocycles. The van der Waals surface area contributed by atoms with E-state index in [1.165, 1.54) is 7.11 Å². The first kappa shape index (κ1) is 14.4. The first-order chi connectivity index (χ1) is 9.20. The van der Waals surface area contributed by atoms with Crippen molar-refractivity contribution in [2.75, 3.05) is 13.7 Å². The Kier molecular flexibility index (Phi) is 5.30. The lowest BCUT2D eigenvalue weighted by molar-refractivity contribution is -0.252. The molecule has 1 saturated heterocycles. The highest BCUT2D eigenvalue weighted by molar-refractivity contribution is 5.13. The van der Waals surface area contributed by atoms with Gasteiger partial charge in [-0.1, -0.05) is 30.3 Å². The van der Waals surface area contributed by atoms with Gasteiger partial charge in [-0.05, 0) is 5.56 Å². The van der Waals surface area contributed by atoms with Crippen molar-refractivity contribution in [3.8, 4) is 0 Å². The molecule has 0 amide bonds. The summed E-state index contributed by atoms with van der Waals surface area (Å²) >= 11 is 0. The number of aliphatic hydroxyl groups excluding tert-OH is 2. The van der Waals surface area contributed by atoms with Crippen molar-refractivity contribution in [2.24, 2.45) is 0 Å². The molecule has 1 aromatic carbocycles. The minimum Gasteiger partial charge on any atom is -0.390 e. The first-order valence-corrected chi connectivity index (χ1v) is 6.36. The van der Waals surface area contributed by atoms with E-state index in [2.05, 4.69) is 0 Å². The zero-order valence-corrected chi connectivity index (χ0v) is 10.9. The zero-order valence-electron chi connectivity index (χ0n) is 10.9. The fraction of sp³-hybridized carbons (Fsp3) is 0.571. The van der Waals surface area contributed by atoms with Gasteiger partial charge in [-0.15, -0.1) is 0 Å². The Morgan fingerprint density at radius 2 is 2.00 bits per heavy atom. The van der Waals surface area contributed by atoms with Crippen LogP contribution in [0.5, 0.6) is 0 Å². The van der Waals surface area contributed by atoms with Gasteiger partial charge >= 0.3 is 0 Å². The largest absolute Gasteiger partial charge is 0.390 e. The molecular weight excluding hydrogens is 248 g/mol. The lowest BCUT2D eigenvalue weighted by Gasteiger charge is -2.36. The lowest BCUT2D eigenvalue weighted by atomic mass is 10.0. The van der Waals surface area contributed by atoms with E-state index in [1.54, 1.807) is 0 Å². The van der Waals surface area contributed by atoms with Crippen molar-refractivity contribution in [3.63, 3.8) is 0 Å². The average molecular weight is 268 g/mol. The molecule has 5 nitrogen and oxygen atoms in total. The van der Waals surface area contributed by atoms with Gasteiger partial charge in [-0.2, -0.15) is 0 Å². The Balaban J connectivity index is 1.80. The van der Waals surface area contributed by atoms with E-state index in [0.717, 1.165) is 5.56 Å². The van der Waals surface area contributed by atoms with Gasteiger partial charge in [0.15, 0.2) is 6.29 Å². The van der Waals surface area contributed by atoms with Crippen LogP contribution in [-0.2, 0) is 20.8 Å². The van der Waals surface area contributed by atoms with Crippen LogP contribution in [0.2, 0.25) is 0 Å². The first-order valence-electron chi connectivity index (χ1n) is 6.36. The summed E-state index contributed by atoms with van der Waals surface area (Å²) in [6.45, 7) is 0.661. The predicted octanol–water partition coefficient (Wildman–Crippen LogP) is 0.686.